The minimum absolute atomic E-state index is 0.0395. The van der Waals surface area contributed by atoms with Crippen LogP contribution in [0.4, 0.5) is 5.69 Å². The number of nitrogens with zero attached hydrogens (tertiary/aromatic N) is 2. The number of halogens is 2. The van der Waals surface area contributed by atoms with Crippen molar-refractivity contribution in [3.8, 4) is 0 Å². The van der Waals surface area contributed by atoms with E-state index in [4.69, 9.17) is 23.2 Å². The summed E-state index contributed by atoms with van der Waals surface area (Å²) in [7, 11) is 0. The second kappa shape index (κ2) is 11.9. The number of amides is 2. The van der Waals surface area contributed by atoms with Crippen LogP contribution in [0.3, 0.4) is 0 Å². The van der Waals surface area contributed by atoms with E-state index >= 15 is 0 Å². The van der Waals surface area contributed by atoms with E-state index in [1.165, 1.54) is 18.0 Å². The minimum atomic E-state index is -0.849. The first-order chi connectivity index (χ1) is 15.5. The maximum Gasteiger partial charge on any atom is 0.272 e. The normalized spacial score (nSPS) is 11.6. The predicted octanol–water partition coefficient (Wildman–Crippen LogP) is 5.27. The smallest absolute Gasteiger partial charge is 0.272 e. The molecule has 0 saturated carbocycles. The Morgan fingerprint density at radius 2 is 1.78 bits per heavy atom. The van der Waals surface area contributed by atoms with Crippen LogP contribution in [-0.4, -0.2) is 33.6 Å². The number of carbonyl (C=O) groups is 2. The van der Waals surface area contributed by atoms with Gasteiger partial charge in [0.15, 0.2) is 10.9 Å². The average Bonchev–Trinajstić information content (AvgIpc) is 2.80. The van der Waals surface area contributed by atoms with Crippen molar-refractivity contribution >= 4 is 52.5 Å². The van der Waals surface area contributed by atoms with Crippen LogP contribution in [0.1, 0.15) is 29.4 Å². The van der Waals surface area contributed by atoms with Gasteiger partial charge in [-0.05, 0) is 36.2 Å². The zero-order chi connectivity index (χ0) is 22.9. The quantitative estimate of drug-likeness (QED) is 0.316. The number of hydrogen-bond acceptors (Lipinski definition) is 5. The van der Waals surface area contributed by atoms with Crippen LogP contribution in [0, 0.1) is 0 Å². The Balaban J connectivity index is 1.80. The fourth-order valence-electron chi connectivity index (χ4n) is 2.82. The van der Waals surface area contributed by atoms with Gasteiger partial charge in [0.1, 0.15) is 6.04 Å². The highest BCUT2D eigenvalue weighted by atomic mass is 35.5. The summed E-state index contributed by atoms with van der Waals surface area (Å²) in [5.41, 5.74) is 1.51. The molecule has 1 aromatic heterocycles. The molecule has 1 heterocycles. The van der Waals surface area contributed by atoms with Crippen molar-refractivity contribution in [3.05, 3.63) is 82.1 Å². The first-order valence-electron chi connectivity index (χ1n) is 10.0. The first-order valence-corrected chi connectivity index (χ1v) is 11.8. The third-order valence-electron chi connectivity index (χ3n) is 4.39. The third-order valence-corrected chi connectivity index (χ3v) is 5.98. The lowest BCUT2D eigenvalue weighted by Gasteiger charge is -2.19. The minimum Gasteiger partial charge on any atom is -0.338 e. The molecule has 3 aromatic rings. The Kier molecular flexibility index (Phi) is 8.90. The van der Waals surface area contributed by atoms with Crippen LogP contribution in [0.2, 0.25) is 10.0 Å². The molecule has 1 atom stereocenters. The Morgan fingerprint density at radius 1 is 1.06 bits per heavy atom. The molecule has 0 aliphatic rings. The Labute approximate surface area is 201 Å². The van der Waals surface area contributed by atoms with E-state index in [0.717, 1.165) is 17.7 Å². The van der Waals surface area contributed by atoms with E-state index in [1.54, 1.807) is 24.3 Å². The molecule has 0 radical (unpaired) electrons. The molecule has 2 N–H and O–H groups in total. The number of thioether (sulfide) groups is 1. The summed E-state index contributed by atoms with van der Waals surface area (Å²) in [4.78, 5) is 34.5. The number of benzene rings is 2. The highest BCUT2D eigenvalue weighted by Gasteiger charge is 2.24. The van der Waals surface area contributed by atoms with Gasteiger partial charge in [-0.15, -0.1) is 0 Å². The van der Waals surface area contributed by atoms with E-state index in [1.807, 2.05) is 37.3 Å². The van der Waals surface area contributed by atoms with E-state index in [9.17, 15) is 9.59 Å². The molecule has 2 aromatic carbocycles. The second-order valence-corrected chi connectivity index (χ2v) is 8.82. The zero-order valence-corrected chi connectivity index (χ0v) is 19.7. The Bertz CT molecular complexity index is 1070. The fourth-order valence-corrected chi connectivity index (χ4v) is 3.79. The van der Waals surface area contributed by atoms with Crippen molar-refractivity contribution in [2.45, 2.75) is 31.0 Å². The fraction of sp³-hybridized carbons (Fsp3) is 0.217. The van der Waals surface area contributed by atoms with Crippen LogP contribution in [0.5, 0.6) is 0 Å². The summed E-state index contributed by atoms with van der Waals surface area (Å²) in [5.74, 6) is -0.0822. The molecule has 0 fully saturated rings. The molecule has 2 amide bonds. The molecule has 0 saturated heterocycles. The molecule has 0 spiro atoms. The lowest BCUT2D eigenvalue weighted by Crippen LogP contribution is -2.45. The molecule has 9 heteroatoms. The van der Waals surface area contributed by atoms with Crippen LogP contribution in [-0.2, 0) is 11.2 Å². The van der Waals surface area contributed by atoms with Gasteiger partial charge in [-0.1, -0.05) is 72.2 Å². The van der Waals surface area contributed by atoms with Crippen molar-refractivity contribution in [1.29, 1.82) is 0 Å². The predicted molar refractivity (Wildman–Crippen MR) is 130 cm³/mol. The van der Waals surface area contributed by atoms with Crippen molar-refractivity contribution in [2.75, 3.05) is 11.1 Å². The van der Waals surface area contributed by atoms with Crippen molar-refractivity contribution in [2.24, 2.45) is 0 Å². The van der Waals surface area contributed by atoms with Crippen LogP contribution >= 0.6 is 35.0 Å². The lowest BCUT2D eigenvalue weighted by molar-refractivity contribution is -0.118. The summed E-state index contributed by atoms with van der Waals surface area (Å²) >= 11 is 13.5. The molecule has 0 aliphatic carbocycles. The zero-order valence-electron chi connectivity index (χ0n) is 17.3. The van der Waals surface area contributed by atoms with Crippen LogP contribution < -0.4 is 10.6 Å². The number of nitrogens with one attached hydrogen (secondary N) is 2. The van der Waals surface area contributed by atoms with Gasteiger partial charge in [-0.2, -0.15) is 0 Å². The molecule has 6 nitrogen and oxygen atoms in total. The summed E-state index contributed by atoms with van der Waals surface area (Å²) in [5, 5.41) is 6.75. The number of anilines is 1. The molecular weight excluding hydrogens is 467 g/mol. The first kappa shape index (κ1) is 24.0. The molecular formula is C23H22Cl2N4O2S. The van der Waals surface area contributed by atoms with Gasteiger partial charge >= 0.3 is 0 Å². The maximum atomic E-state index is 13.0. The van der Waals surface area contributed by atoms with Crippen molar-refractivity contribution < 1.29 is 9.59 Å². The monoisotopic (exact) mass is 488 g/mol. The number of rotatable bonds is 9. The summed E-state index contributed by atoms with van der Waals surface area (Å²) < 4.78 is 0. The largest absolute Gasteiger partial charge is 0.338 e. The van der Waals surface area contributed by atoms with Gasteiger partial charge in [0.05, 0.1) is 11.2 Å². The van der Waals surface area contributed by atoms with E-state index < -0.39 is 11.9 Å². The van der Waals surface area contributed by atoms with E-state index in [-0.39, 0.29) is 16.6 Å². The average molecular weight is 489 g/mol. The number of carbonyl (C=O) groups excluding carboxylic acids is 2. The maximum absolute atomic E-state index is 13.0. The molecule has 32 heavy (non-hydrogen) atoms. The van der Waals surface area contributed by atoms with Gasteiger partial charge in [0, 0.05) is 22.9 Å². The van der Waals surface area contributed by atoms with Crippen molar-refractivity contribution in [1.82, 2.24) is 15.3 Å². The van der Waals surface area contributed by atoms with E-state index in [2.05, 4.69) is 20.6 Å². The van der Waals surface area contributed by atoms with Crippen LogP contribution in [0.25, 0.3) is 0 Å². The van der Waals surface area contributed by atoms with Gasteiger partial charge in [-0.3, -0.25) is 9.59 Å². The van der Waals surface area contributed by atoms with Gasteiger partial charge in [-0.25, -0.2) is 9.97 Å². The highest BCUT2D eigenvalue weighted by Crippen LogP contribution is 2.19. The van der Waals surface area contributed by atoms with E-state index in [0.29, 0.717) is 22.3 Å². The van der Waals surface area contributed by atoms with Gasteiger partial charge in [0.25, 0.3) is 5.91 Å². The molecule has 166 valence electrons. The highest BCUT2D eigenvalue weighted by molar-refractivity contribution is 7.99. The van der Waals surface area contributed by atoms with Gasteiger partial charge < -0.3 is 10.6 Å². The SMILES string of the molecule is CCCSc1ncc(Cl)c(C(=O)N[C@@H](Cc2ccccc2)C(=O)Nc2ccc(Cl)cc2)n1. The van der Waals surface area contributed by atoms with Crippen molar-refractivity contribution in [3.63, 3.8) is 0 Å². The Morgan fingerprint density at radius 3 is 2.47 bits per heavy atom. The molecule has 3 rings (SSSR count). The molecule has 0 aliphatic heterocycles. The summed E-state index contributed by atoms with van der Waals surface area (Å²) in [6, 6.07) is 15.3. The van der Waals surface area contributed by atoms with Crippen LogP contribution in [0.15, 0.2) is 66.0 Å². The molecule has 0 unspecified atom stereocenters. The topological polar surface area (TPSA) is 84.0 Å². The Hall–Kier alpha value is -2.61. The molecule has 0 bridgehead atoms. The number of hydrogen-bond donors (Lipinski definition) is 2. The second-order valence-electron chi connectivity index (χ2n) is 6.91. The third kappa shape index (κ3) is 6.95. The summed E-state index contributed by atoms with van der Waals surface area (Å²) in [6.07, 6.45) is 2.65. The lowest BCUT2D eigenvalue weighted by atomic mass is 10.0. The number of aromatic nitrogens is 2. The van der Waals surface area contributed by atoms with Gasteiger partial charge in [0.2, 0.25) is 5.91 Å². The standard InChI is InChI=1S/C23H22Cl2N4O2S/c1-2-12-32-23-26-14-18(25)20(29-23)22(31)28-19(13-15-6-4-3-5-7-15)21(30)27-17-10-8-16(24)9-11-17/h3-11,14,19H,2,12-13H2,1H3,(H,27,30)(H,28,31)/t19-/m0/s1. The summed E-state index contributed by atoms with van der Waals surface area (Å²) in [6.45, 7) is 2.05.